The van der Waals surface area contributed by atoms with Crippen molar-refractivity contribution in [1.82, 2.24) is 4.90 Å². The summed E-state index contributed by atoms with van der Waals surface area (Å²) in [6.07, 6.45) is 9.33. The highest BCUT2D eigenvalue weighted by Gasteiger charge is 2.43. The minimum atomic E-state index is -0.123. The number of likely N-dealkylation sites (N-methyl/N-ethyl adjacent to an activating group) is 1. The molecule has 0 atom stereocenters. The van der Waals surface area contributed by atoms with E-state index < -0.39 is 0 Å². The van der Waals surface area contributed by atoms with Crippen molar-refractivity contribution in [1.29, 1.82) is 0 Å². The lowest BCUT2D eigenvalue weighted by molar-refractivity contribution is -0.134. The van der Waals surface area contributed by atoms with Crippen molar-refractivity contribution in [2.24, 2.45) is 11.8 Å². The van der Waals surface area contributed by atoms with Crippen molar-refractivity contribution in [2.75, 3.05) is 14.1 Å². The maximum Gasteiger partial charge on any atom is 0.153 e. The Morgan fingerprint density at radius 2 is 1.76 bits per heavy atom. The van der Waals surface area contributed by atoms with Crippen LogP contribution >= 0.6 is 0 Å². The zero-order chi connectivity index (χ0) is 12.5. The lowest BCUT2D eigenvalue weighted by Gasteiger charge is -2.44. The fourth-order valence-corrected chi connectivity index (χ4v) is 3.36. The van der Waals surface area contributed by atoms with Crippen LogP contribution in [-0.2, 0) is 4.79 Å². The van der Waals surface area contributed by atoms with Gasteiger partial charge >= 0.3 is 0 Å². The smallest absolute Gasteiger partial charge is 0.153 e. The highest BCUT2D eigenvalue weighted by Crippen LogP contribution is 2.39. The van der Waals surface area contributed by atoms with Crippen molar-refractivity contribution in [3.8, 4) is 0 Å². The Kier molecular flexibility index (Phi) is 3.92. The molecule has 2 saturated carbocycles. The largest absolute Gasteiger partial charge is 0.298 e. The van der Waals surface area contributed by atoms with E-state index in [0.29, 0.717) is 11.7 Å². The molecular formula is C15H27NO. The van der Waals surface area contributed by atoms with Crippen LogP contribution in [0.3, 0.4) is 0 Å². The van der Waals surface area contributed by atoms with Gasteiger partial charge in [0, 0.05) is 6.42 Å². The molecule has 2 fully saturated rings. The first-order valence-corrected chi connectivity index (χ1v) is 7.25. The highest BCUT2D eigenvalue weighted by atomic mass is 16.1. The van der Waals surface area contributed by atoms with Crippen LogP contribution < -0.4 is 0 Å². The Labute approximate surface area is 106 Å². The molecule has 17 heavy (non-hydrogen) atoms. The van der Waals surface area contributed by atoms with Crippen molar-refractivity contribution >= 4 is 5.78 Å². The SMILES string of the molecule is CC1CCC(C(=O)CC2CCC2)(N(C)C)CC1. The molecule has 2 heteroatoms. The van der Waals surface area contributed by atoms with Gasteiger partial charge in [0.05, 0.1) is 5.54 Å². The minimum Gasteiger partial charge on any atom is -0.298 e. The zero-order valence-corrected chi connectivity index (χ0v) is 11.7. The highest BCUT2D eigenvalue weighted by molar-refractivity contribution is 5.88. The second-order valence-electron chi connectivity index (χ2n) is 6.53. The van der Waals surface area contributed by atoms with E-state index in [2.05, 4.69) is 25.9 Å². The quantitative estimate of drug-likeness (QED) is 0.748. The molecule has 0 aliphatic heterocycles. The molecule has 2 nitrogen and oxygen atoms in total. The molecule has 0 aromatic rings. The maximum absolute atomic E-state index is 12.6. The summed E-state index contributed by atoms with van der Waals surface area (Å²) in [7, 11) is 4.18. The second kappa shape index (κ2) is 5.09. The standard InChI is InChI=1S/C15H27NO/c1-12-7-9-15(10-8-12,16(2)3)14(17)11-13-5-4-6-13/h12-13H,4-11H2,1-3H3. The molecule has 0 amide bonds. The third-order valence-electron chi connectivity index (χ3n) is 5.18. The van der Waals surface area contributed by atoms with Crippen LogP contribution in [0.1, 0.15) is 58.3 Å². The summed E-state index contributed by atoms with van der Waals surface area (Å²) < 4.78 is 0. The molecule has 2 rings (SSSR count). The van der Waals surface area contributed by atoms with Gasteiger partial charge in [-0.25, -0.2) is 0 Å². The maximum atomic E-state index is 12.6. The van der Waals surface area contributed by atoms with Crippen LogP contribution in [0.2, 0.25) is 0 Å². The van der Waals surface area contributed by atoms with Gasteiger partial charge in [-0.2, -0.15) is 0 Å². The first-order chi connectivity index (χ1) is 8.04. The van der Waals surface area contributed by atoms with Gasteiger partial charge in [0.2, 0.25) is 0 Å². The summed E-state index contributed by atoms with van der Waals surface area (Å²) in [5, 5.41) is 0. The van der Waals surface area contributed by atoms with E-state index in [1.165, 1.54) is 32.1 Å². The van der Waals surface area contributed by atoms with Gasteiger partial charge < -0.3 is 0 Å². The summed E-state index contributed by atoms with van der Waals surface area (Å²) in [6, 6.07) is 0. The van der Waals surface area contributed by atoms with Crippen LogP contribution in [-0.4, -0.2) is 30.3 Å². The van der Waals surface area contributed by atoms with E-state index >= 15 is 0 Å². The van der Waals surface area contributed by atoms with Crippen LogP contribution in [0.4, 0.5) is 0 Å². The van der Waals surface area contributed by atoms with E-state index in [1.54, 1.807) is 0 Å². The average molecular weight is 237 g/mol. The lowest BCUT2D eigenvalue weighted by atomic mass is 9.70. The fourth-order valence-electron chi connectivity index (χ4n) is 3.36. The molecule has 0 N–H and O–H groups in total. The summed E-state index contributed by atoms with van der Waals surface area (Å²) in [5.41, 5.74) is -0.123. The Hall–Kier alpha value is -0.370. The number of ketones is 1. The van der Waals surface area contributed by atoms with Crippen LogP contribution in [0.5, 0.6) is 0 Å². The summed E-state index contributed by atoms with van der Waals surface area (Å²) in [5.74, 6) is 2.04. The van der Waals surface area contributed by atoms with E-state index in [0.717, 1.165) is 25.2 Å². The van der Waals surface area contributed by atoms with E-state index in [1.807, 2.05) is 0 Å². The topological polar surface area (TPSA) is 20.3 Å². The van der Waals surface area contributed by atoms with Crippen molar-refractivity contribution in [2.45, 2.75) is 63.8 Å². The molecular weight excluding hydrogens is 210 g/mol. The number of rotatable bonds is 4. The Balaban J connectivity index is 2.02. The molecule has 2 aliphatic carbocycles. The molecule has 0 aromatic carbocycles. The average Bonchev–Trinajstić information content (AvgIpc) is 2.24. The van der Waals surface area contributed by atoms with Crippen LogP contribution in [0.25, 0.3) is 0 Å². The first-order valence-electron chi connectivity index (χ1n) is 7.25. The lowest BCUT2D eigenvalue weighted by Crippen LogP contribution is -2.53. The zero-order valence-electron chi connectivity index (χ0n) is 11.7. The molecule has 2 aliphatic rings. The number of hydrogen-bond donors (Lipinski definition) is 0. The number of Topliss-reactive ketones (excluding diaryl/α,β-unsaturated/α-hetero) is 1. The third kappa shape index (κ3) is 2.57. The van der Waals surface area contributed by atoms with Crippen molar-refractivity contribution in [3.63, 3.8) is 0 Å². The van der Waals surface area contributed by atoms with Gasteiger partial charge in [0.15, 0.2) is 5.78 Å². The normalized spacial score (nSPS) is 34.7. The van der Waals surface area contributed by atoms with Crippen molar-refractivity contribution < 1.29 is 4.79 Å². The molecule has 0 spiro atoms. The van der Waals surface area contributed by atoms with Crippen LogP contribution in [0, 0.1) is 11.8 Å². The molecule has 0 bridgehead atoms. The summed E-state index contributed by atoms with van der Waals surface area (Å²) in [4.78, 5) is 14.8. The summed E-state index contributed by atoms with van der Waals surface area (Å²) in [6.45, 7) is 2.32. The van der Waals surface area contributed by atoms with E-state index in [9.17, 15) is 4.79 Å². The predicted octanol–water partition coefficient (Wildman–Crippen LogP) is 3.26. The number of hydrogen-bond acceptors (Lipinski definition) is 2. The molecule has 0 saturated heterocycles. The number of carbonyl (C=O) groups is 1. The first kappa shape index (κ1) is 13.1. The van der Waals surface area contributed by atoms with Gasteiger partial charge in [0.1, 0.15) is 0 Å². The number of nitrogens with zero attached hydrogens (tertiary/aromatic N) is 1. The van der Waals surface area contributed by atoms with Gasteiger partial charge in [-0.05, 0) is 51.6 Å². The Morgan fingerprint density at radius 1 is 1.18 bits per heavy atom. The van der Waals surface area contributed by atoms with Gasteiger partial charge in [-0.1, -0.05) is 26.2 Å². The van der Waals surface area contributed by atoms with Gasteiger partial charge in [-0.3, -0.25) is 9.69 Å². The van der Waals surface area contributed by atoms with Crippen LogP contribution in [0.15, 0.2) is 0 Å². The molecule has 0 aromatic heterocycles. The molecule has 0 radical (unpaired) electrons. The predicted molar refractivity (Wildman–Crippen MR) is 71.0 cm³/mol. The summed E-state index contributed by atoms with van der Waals surface area (Å²) >= 11 is 0. The van der Waals surface area contributed by atoms with Crippen molar-refractivity contribution in [3.05, 3.63) is 0 Å². The monoisotopic (exact) mass is 237 g/mol. The second-order valence-corrected chi connectivity index (χ2v) is 6.53. The third-order valence-corrected chi connectivity index (χ3v) is 5.18. The Bertz CT molecular complexity index is 273. The fraction of sp³-hybridized carbons (Fsp3) is 0.933. The van der Waals surface area contributed by atoms with E-state index in [4.69, 9.17) is 0 Å². The van der Waals surface area contributed by atoms with Gasteiger partial charge in [0.25, 0.3) is 0 Å². The molecule has 0 heterocycles. The Morgan fingerprint density at radius 3 is 2.18 bits per heavy atom. The molecule has 98 valence electrons. The molecule has 0 unspecified atom stereocenters. The number of carbonyl (C=O) groups excluding carboxylic acids is 1. The van der Waals surface area contributed by atoms with E-state index in [-0.39, 0.29) is 5.54 Å². The minimum absolute atomic E-state index is 0.123. The van der Waals surface area contributed by atoms with Gasteiger partial charge in [-0.15, -0.1) is 0 Å².